The van der Waals surface area contributed by atoms with Crippen LogP contribution < -0.4 is 10.3 Å². The van der Waals surface area contributed by atoms with Gasteiger partial charge in [0.05, 0.1) is 17.4 Å². The highest BCUT2D eigenvalue weighted by atomic mass is 16.5. The molecule has 6 nitrogen and oxygen atoms in total. The van der Waals surface area contributed by atoms with Crippen LogP contribution in [0, 0.1) is 0 Å². The zero-order valence-electron chi connectivity index (χ0n) is 18.1. The summed E-state index contributed by atoms with van der Waals surface area (Å²) in [4.78, 5) is 21.7. The zero-order valence-corrected chi connectivity index (χ0v) is 18.1. The highest BCUT2D eigenvalue weighted by Crippen LogP contribution is 2.22. The van der Waals surface area contributed by atoms with E-state index >= 15 is 0 Å². The number of para-hydroxylation sites is 1. The second kappa shape index (κ2) is 10.2. The molecule has 1 heterocycles. The number of aliphatic hydroxyl groups is 1. The van der Waals surface area contributed by atoms with Gasteiger partial charge in [0.2, 0.25) is 0 Å². The van der Waals surface area contributed by atoms with Gasteiger partial charge in [-0.3, -0.25) is 9.69 Å². The number of hydrogen-bond acceptors (Lipinski definition) is 5. The Bertz CT molecular complexity index is 1210. The van der Waals surface area contributed by atoms with Crippen LogP contribution in [0.2, 0.25) is 0 Å². The van der Waals surface area contributed by atoms with E-state index in [-0.39, 0.29) is 12.2 Å². The van der Waals surface area contributed by atoms with E-state index in [1.807, 2.05) is 72.5 Å². The standard InChI is InChI=1S/C26H27N3O3/c1-2-29(17-25-27-24-11-7-6-10-23(24)26(31)28-25)16-21(30)18-32-22-14-12-20(13-15-22)19-8-4-3-5-9-19/h3-15,21,30H,2,16-18H2,1H3,(H,27,28,31). The summed E-state index contributed by atoms with van der Waals surface area (Å²) in [7, 11) is 0. The van der Waals surface area contributed by atoms with Crippen molar-refractivity contribution in [3.8, 4) is 16.9 Å². The second-order valence-electron chi connectivity index (χ2n) is 7.71. The van der Waals surface area contributed by atoms with Crippen LogP contribution >= 0.6 is 0 Å². The first-order valence-corrected chi connectivity index (χ1v) is 10.8. The van der Waals surface area contributed by atoms with Crippen LogP contribution in [0.3, 0.4) is 0 Å². The Balaban J connectivity index is 1.32. The number of hydrogen-bond donors (Lipinski definition) is 2. The van der Waals surface area contributed by atoms with E-state index in [0.29, 0.717) is 42.1 Å². The average molecular weight is 430 g/mol. The van der Waals surface area contributed by atoms with Gasteiger partial charge in [-0.05, 0) is 41.9 Å². The first-order chi connectivity index (χ1) is 15.6. The van der Waals surface area contributed by atoms with E-state index in [9.17, 15) is 9.90 Å². The summed E-state index contributed by atoms with van der Waals surface area (Å²) in [5.41, 5.74) is 2.79. The molecular weight excluding hydrogens is 402 g/mol. The lowest BCUT2D eigenvalue weighted by Crippen LogP contribution is -2.36. The molecule has 6 heteroatoms. The number of aliphatic hydroxyl groups excluding tert-OH is 1. The molecule has 0 saturated carbocycles. The zero-order chi connectivity index (χ0) is 22.3. The van der Waals surface area contributed by atoms with Crippen molar-refractivity contribution in [2.75, 3.05) is 19.7 Å². The predicted octanol–water partition coefficient (Wildman–Crippen LogP) is 3.85. The monoisotopic (exact) mass is 429 g/mol. The van der Waals surface area contributed by atoms with Crippen LogP contribution in [-0.4, -0.2) is 45.8 Å². The molecular formula is C26H27N3O3. The van der Waals surface area contributed by atoms with Crippen molar-refractivity contribution < 1.29 is 9.84 Å². The Morgan fingerprint density at radius 1 is 0.969 bits per heavy atom. The molecule has 1 aromatic heterocycles. The lowest BCUT2D eigenvalue weighted by molar-refractivity contribution is 0.0667. The molecule has 0 bridgehead atoms. The van der Waals surface area contributed by atoms with Crippen molar-refractivity contribution in [3.63, 3.8) is 0 Å². The van der Waals surface area contributed by atoms with Gasteiger partial charge in [0.1, 0.15) is 24.3 Å². The van der Waals surface area contributed by atoms with Crippen molar-refractivity contribution in [1.82, 2.24) is 14.9 Å². The SMILES string of the molecule is CCN(Cc1nc2ccccc2c(=O)[nH]1)CC(O)COc1ccc(-c2ccccc2)cc1. The molecule has 0 aliphatic heterocycles. The number of likely N-dealkylation sites (N-methyl/N-ethyl adjacent to an activating group) is 1. The quantitative estimate of drug-likeness (QED) is 0.423. The first-order valence-electron chi connectivity index (χ1n) is 10.8. The maximum atomic E-state index is 12.3. The van der Waals surface area contributed by atoms with Crippen molar-refractivity contribution in [3.05, 3.63) is 95.0 Å². The molecule has 0 aliphatic carbocycles. The Morgan fingerprint density at radius 2 is 1.66 bits per heavy atom. The van der Waals surface area contributed by atoms with Gasteiger partial charge >= 0.3 is 0 Å². The lowest BCUT2D eigenvalue weighted by Gasteiger charge is -2.23. The summed E-state index contributed by atoms with van der Waals surface area (Å²) >= 11 is 0. The van der Waals surface area contributed by atoms with Gasteiger partial charge < -0.3 is 14.8 Å². The summed E-state index contributed by atoms with van der Waals surface area (Å²) in [6, 6.07) is 25.3. The third-order valence-electron chi connectivity index (χ3n) is 5.36. The van der Waals surface area contributed by atoms with Gasteiger partial charge in [0, 0.05) is 6.54 Å². The third-order valence-corrected chi connectivity index (χ3v) is 5.36. The smallest absolute Gasteiger partial charge is 0.258 e. The minimum absolute atomic E-state index is 0.149. The highest BCUT2D eigenvalue weighted by molar-refractivity contribution is 5.77. The number of nitrogens with one attached hydrogen (secondary N) is 1. The van der Waals surface area contributed by atoms with Gasteiger partial charge in [-0.1, -0.05) is 61.5 Å². The number of aromatic nitrogens is 2. The van der Waals surface area contributed by atoms with E-state index in [4.69, 9.17) is 4.74 Å². The highest BCUT2D eigenvalue weighted by Gasteiger charge is 2.14. The number of aromatic amines is 1. The normalized spacial score (nSPS) is 12.2. The molecule has 0 spiro atoms. The van der Waals surface area contributed by atoms with Gasteiger partial charge in [-0.15, -0.1) is 0 Å². The predicted molar refractivity (Wildman–Crippen MR) is 127 cm³/mol. The van der Waals surface area contributed by atoms with Crippen LogP contribution in [0.4, 0.5) is 0 Å². The summed E-state index contributed by atoms with van der Waals surface area (Å²) in [6.07, 6.45) is -0.670. The van der Waals surface area contributed by atoms with E-state index < -0.39 is 6.10 Å². The minimum Gasteiger partial charge on any atom is -0.491 e. The fourth-order valence-electron chi connectivity index (χ4n) is 3.64. The van der Waals surface area contributed by atoms with Crippen LogP contribution in [-0.2, 0) is 6.54 Å². The largest absolute Gasteiger partial charge is 0.491 e. The summed E-state index contributed by atoms with van der Waals surface area (Å²) in [5.74, 6) is 1.30. The molecule has 32 heavy (non-hydrogen) atoms. The molecule has 4 aromatic rings. The van der Waals surface area contributed by atoms with E-state index in [0.717, 1.165) is 11.1 Å². The van der Waals surface area contributed by atoms with Crippen molar-refractivity contribution in [2.45, 2.75) is 19.6 Å². The molecule has 1 unspecified atom stereocenters. The molecule has 3 aromatic carbocycles. The van der Waals surface area contributed by atoms with Crippen molar-refractivity contribution >= 4 is 10.9 Å². The van der Waals surface area contributed by atoms with E-state index in [2.05, 4.69) is 22.1 Å². The molecule has 0 amide bonds. The molecule has 0 fully saturated rings. The lowest BCUT2D eigenvalue weighted by atomic mass is 10.1. The number of fused-ring (bicyclic) bond motifs is 1. The van der Waals surface area contributed by atoms with E-state index in [1.54, 1.807) is 6.07 Å². The maximum Gasteiger partial charge on any atom is 0.258 e. The number of H-pyrrole nitrogens is 1. The van der Waals surface area contributed by atoms with Gasteiger partial charge in [-0.25, -0.2) is 4.98 Å². The third kappa shape index (κ3) is 5.41. The van der Waals surface area contributed by atoms with Crippen LogP contribution in [0.25, 0.3) is 22.0 Å². The Kier molecular flexibility index (Phi) is 6.94. The number of nitrogens with zero attached hydrogens (tertiary/aromatic N) is 2. The first kappa shape index (κ1) is 21.7. The number of benzene rings is 3. The minimum atomic E-state index is -0.670. The Morgan fingerprint density at radius 3 is 2.41 bits per heavy atom. The average Bonchev–Trinajstić information content (AvgIpc) is 2.83. The number of ether oxygens (including phenoxy) is 1. The van der Waals surface area contributed by atoms with E-state index in [1.165, 1.54) is 0 Å². The van der Waals surface area contributed by atoms with Crippen LogP contribution in [0.15, 0.2) is 83.7 Å². The Hall–Kier alpha value is -3.48. The molecule has 4 rings (SSSR count). The molecule has 164 valence electrons. The molecule has 0 radical (unpaired) electrons. The van der Waals surface area contributed by atoms with Crippen molar-refractivity contribution in [1.29, 1.82) is 0 Å². The topological polar surface area (TPSA) is 78.5 Å². The summed E-state index contributed by atoms with van der Waals surface area (Å²) in [6.45, 7) is 3.76. The summed E-state index contributed by atoms with van der Waals surface area (Å²) < 4.78 is 5.78. The van der Waals surface area contributed by atoms with Gasteiger partial charge in [-0.2, -0.15) is 0 Å². The maximum absolute atomic E-state index is 12.3. The van der Waals surface area contributed by atoms with Crippen LogP contribution in [0.1, 0.15) is 12.7 Å². The fourth-order valence-corrected chi connectivity index (χ4v) is 3.64. The van der Waals surface area contributed by atoms with Crippen molar-refractivity contribution in [2.24, 2.45) is 0 Å². The van der Waals surface area contributed by atoms with Crippen LogP contribution in [0.5, 0.6) is 5.75 Å². The second-order valence-corrected chi connectivity index (χ2v) is 7.71. The molecule has 1 atom stereocenters. The number of rotatable bonds is 9. The van der Waals surface area contributed by atoms with Gasteiger partial charge in [0.15, 0.2) is 0 Å². The van der Waals surface area contributed by atoms with Gasteiger partial charge in [0.25, 0.3) is 5.56 Å². The Labute approximate surface area is 187 Å². The molecule has 0 saturated heterocycles. The molecule has 2 N–H and O–H groups in total. The summed E-state index contributed by atoms with van der Waals surface area (Å²) in [5, 5.41) is 11.1. The fraction of sp³-hybridized carbons (Fsp3) is 0.231. The molecule has 0 aliphatic rings.